The zero-order valence-electron chi connectivity index (χ0n) is 18.2. The van der Waals surface area contributed by atoms with Crippen LogP contribution in [0.4, 0.5) is 0 Å². The van der Waals surface area contributed by atoms with Crippen LogP contribution in [-0.2, 0) is 25.7 Å². The number of carbonyl (C=O) groups excluding carboxylic acids is 3. The molecule has 0 aromatic heterocycles. The van der Waals surface area contributed by atoms with Crippen molar-refractivity contribution in [2.75, 3.05) is 33.4 Å². The minimum Gasteiger partial charge on any atom is -0.496 e. The third kappa shape index (κ3) is 6.55. The maximum atomic E-state index is 12.5. The first-order valence-electron chi connectivity index (χ1n) is 10.7. The molecule has 0 radical (unpaired) electrons. The number of methoxy groups -OCH3 is 1. The molecule has 2 aromatic carbocycles. The molecule has 0 saturated carbocycles. The molecular formula is C24H29N3O5. The zero-order valence-corrected chi connectivity index (χ0v) is 18.2. The van der Waals surface area contributed by atoms with Crippen molar-refractivity contribution in [2.24, 2.45) is 0 Å². The van der Waals surface area contributed by atoms with Gasteiger partial charge in [-0.25, -0.2) is 0 Å². The maximum absolute atomic E-state index is 12.5. The molecular weight excluding hydrogens is 410 g/mol. The monoisotopic (exact) mass is 439 g/mol. The Bertz CT molecular complexity index is 919. The lowest BCUT2D eigenvalue weighted by Crippen LogP contribution is -2.43. The molecule has 32 heavy (non-hydrogen) atoms. The van der Waals surface area contributed by atoms with Gasteiger partial charge in [-0.05, 0) is 18.1 Å². The van der Waals surface area contributed by atoms with Gasteiger partial charge >= 0.3 is 11.8 Å². The van der Waals surface area contributed by atoms with Crippen LogP contribution in [0.2, 0.25) is 0 Å². The molecule has 170 valence electrons. The normalized spacial score (nSPS) is 15.7. The van der Waals surface area contributed by atoms with Crippen LogP contribution in [-0.4, -0.2) is 56.0 Å². The van der Waals surface area contributed by atoms with E-state index in [4.69, 9.17) is 9.47 Å². The fourth-order valence-corrected chi connectivity index (χ4v) is 3.53. The fourth-order valence-electron chi connectivity index (χ4n) is 3.53. The second-order valence-corrected chi connectivity index (χ2v) is 7.46. The molecule has 8 heteroatoms. The Morgan fingerprint density at radius 1 is 1.03 bits per heavy atom. The lowest BCUT2D eigenvalue weighted by Gasteiger charge is -2.33. The Balaban J connectivity index is 1.35. The summed E-state index contributed by atoms with van der Waals surface area (Å²) in [5.41, 5.74) is 1.83. The predicted octanol–water partition coefficient (Wildman–Crippen LogP) is 1.81. The summed E-state index contributed by atoms with van der Waals surface area (Å²) in [6, 6.07) is 17.1. The maximum Gasteiger partial charge on any atom is 0.309 e. The number of morpholine rings is 1. The van der Waals surface area contributed by atoms with Gasteiger partial charge in [0.2, 0.25) is 5.91 Å². The van der Waals surface area contributed by atoms with E-state index in [-0.39, 0.29) is 25.1 Å². The summed E-state index contributed by atoms with van der Waals surface area (Å²) in [7, 11) is 1.55. The quantitative estimate of drug-likeness (QED) is 0.483. The Morgan fingerprint density at radius 3 is 2.53 bits per heavy atom. The largest absolute Gasteiger partial charge is 0.496 e. The Hall–Kier alpha value is -3.39. The topological polar surface area (TPSA) is 97.0 Å². The molecule has 1 unspecified atom stereocenters. The number of carbonyl (C=O) groups is 3. The molecule has 0 aliphatic carbocycles. The van der Waals surface area contributed by atoms with Gasteiger partial charge in [-0.15, -0.1) is 0 Å². The van der Waals surface area contributed by atoms with Crippen molar-refractivity contribution in [1.82, 2.24) is 15.5 Å². The standard InChI is InChI=1S/C24H29N3O5/c1-31-20-11-6-5-10-19(20)16-26-24(30)23(29)25-13-7-12-22(28)27-14-15-32-21(17-27)18-8-3-2-4-9-18/h2-6,8-11,21H,7,12-17H2,1H3,(H,25,29)(H,26,30). The van der Waals surface area contributed by atoms with E-state index in [1.165, 1.54) is 0 Å². The van der Waals surface area contributed by atoms with Gasteiger partial charge in [-0.1, -0.05) is 48.5 Å². The van der Waals surface area contributed by atoms with Crippen LogP contribution in [0.15, 0.2) is 54.6 Å². The van der Waals surface area contributed by atoms with Crippen LogP contribution in [0, 0.1) is 0 Å². The van der Waals surface area contributed by atoms with Crippen molar-refractivity contribution in [3.8, 4) is 5.75 Å². The van der Waals surface area contributed by atoms with E-state index in [9.17, 15) is 14.4 Å². The predicted molar refractivity (Wildman–Crippen MR) is 119 cm³/mol. The number of hydrogen-bond acceptors (Lipinski definition) is 5. The van der Waals surface area contributed by atoms with Gasteiger partial charge in [0.1, 0.15) is 11.9 Å². The first-order chi connectivity index (χ1) is 15.6. The zero-order chi connectivity index (χ0) is 22.8. The van der Waals surface area contributed by atoms with E-state index in [1.807, 2.05) is 48.5 Å². The molecule has 1 fully saturated rings. The molecule has 2 aromatic rings. The van der Waals surface area contributed by atoms with E-state index >= 15 is 0 Å². The van der Waals surface area contributed by atoms with E-state index < -0.39 is 11.8 Å². The Labute approximate surface area is 187 Å². The van der Waals surface area contributed by atoms with Gasteiger partial charge in [0.15, 0.2) is 0 Å². The molecule has 3 amide bonds. The fraction of sp³-hybridized carbons (Fsp3) is 0.375. The highest BCUT2D eigenvalue weighted by Crippen LogP contribution is 2.22. The number of nitrogens with one attached hydrogen (secondary N) is 2. The number of benzene rings is 2. The van der Waals surface area contributed by atoms with Gasteiger partial charge in [-0.3, -0.25) is 14.4 Å². The van der Waals surface area contributed by atoms with Crippen molar-refractivity contribution >= 4 is 17.7 Å². The van der Waals surface area contributed by atoms with Crippen LogP contribution in [0.25, 0.3) is 0 Å². The highest BCUT2D eigenvalue weighted by Gasteiger charge is 2.25. The first kappa shape index (κ1) is 23.3. The average molecular weight is 440 g/mol. The van der Waals surface area contributed by atoms with Gasteiger partial charge in [0, 0.05) is 31.6 Å². The van der Waals surface area contributed by atoms with E-state index in [2.05, 4.69) is 10.6 Å². The molecule has 8 nitrogen and oxygen atoms in total. The second kappa shape index (κ2) is 11.9. The second-order valence-electron chi connectivity index (χ2n) is 7.46. The third-order valence-corrected chi connectivity index (χ3v) is 5.28. The number of ether oxygens (including phenoxy) is 2. The average Bonchev–Trinajstić information content (AvgIpc) is 2.85. The van der Waals surface area contributed by atoms with Gasteiger partial charge in [0.25, 0.3) is 0 Å². The van der Waals surface area contributed by atoms with Crippen molar-refractivity contribution in [3.63, 3.8) is 0 Å². The number of nitrogens with zero attached hydrogens (tertiary/aromatic N) is 1. The van der Waals surface area contributed by atoms with E-state index in [1.54, 1.807) is 18.1 Å². The minimum atomic E-state index is -0.721. The number of rotatable bonds is 8. The smallest absolute Gasteiger partial charge is 0.309 e. The summed E-state index contributed by atoms with van der Waals surface area (Å²) in [6.45, 7) is 2.00. The molecule has 1 atom stereocenters. The highest BCUT2D eigenvalue weighted by molar-refractivity contribution is 6.35. The van der Waals surface area contributed by atoms with E-state index in [0.717, 1.165) is 11.1 Å². The van der Waals surface area contributed by atoms with Crippen LogP contribution in [0.1, 0.15) is 30.1 Å². The van der Waals surface area contributed by atoms with Crippen molar-refractivity contribution < 1.29 is 23.9 Å². The summed E-state index contributed by atoms with van der Waals surface area (Å²) in [6.07, 6.45) is 0.628. The number of para-hydroxylation sites is 1. The summed E-state index contributed by atoms with van der Waals surface area (Å²) in [5.74, 6) is -0.780. The van der Waals surface area contributed by atoms with Gasteiger partial charge in [0.05, 0.1) is 20.3 Å². The van der Waals surface area contributed by atoms with Crippen LogP contribution >= 0.6 is 0 Å². The molecule has 1 aliphatic heterocycles. The minimum absolute atomic E-state index is 0.0177. The summed E-state index contributed by atoms with van der Waals surface area (Å²) < 4.78 is 11.0. The van der Waals surface area contributed by atoms with Gasteiger partial charge < -0.3 is 25.0 Å². The SMILES string of the molecule is COc1ccccc1CNC(=O)C(=O)NCCCC(=O)N1CCOC(c2ccccc2)C1. The molecule has 2 N–H and O–H groups in total. The van der Waals surface area contributed by atoms with E-state index in [0.29, 0.717) is 38.3 Å². The van der Waals surface area contributed by atoms with Crippen LogP contribution in [0.3, 0.4) is 0 Å². The summed E-state index contributed by atoms with van der Waals surface area (Å²) >= 11 is 0. The van der Waals surface area contributed by atoms with Crippen molar-refractivity contribution in [3.05, 3.63) is 65.7 Å². The molecule has 1 heterocycles. The highest BCUT2D eigenvalue weighted by atomic mass is 16.5. The van der Waals surface area contributed by atoms with Crippen LogP contribution in [0.5, 0.6) is 5.75 Å². The van der Waals surface area contributed by atoms with Crippen molar-refractivity contribution in [1.29, 1.82) is 0 Å². The molecule has 1 saturated heterocycles. The summed E-state index contributed by atoms with van der Waals surface area (Å²) in [4.78, 5) is 38.3. The lowest BCUT2D eigenvalue weighted by atomic mass is 10.1. The molecule has 0 bridgehead atoms. The Kier molecular flexibility index (Phi) is 8.62. The van der Waals surface area contributed by atoms with Crippen molar-refractivity contribution in [2.45, 2.75) is 25.5 Å². The molecule has 1 aliphatic rings. The third-order valence-electron chi connectivity index (χ3n) is 5.28. The molecule has 0 spiro atoms. The Morgan fingerprint density at radius 2 is 1.75 bits per heavy atom. The van der Waals surface area contributed by atoms with Gasteiger partial charge in [-0.2, -0.15) is 0 Å². The number of hydrogen-bond donors (Lipinski definition) is 2. The lowest BCUT2D eigenvalue weighted by molar-refractivity contribution is -0.140. The van der Waals surface area contributed by atoms with Crippen LogP contribution < -0.4 is 15.4 Å². The number of amides is 3. The molecule has 3 rings (SSSR count). The first-order valence-corrected chi connectivity index (χ1v) is 10.7. The summed E-state index contributed by atoms with van der Waals surface area (Å²) in [5, 5.41) is 5.14.